The van der Waals surface area contributed by atoms with Crippen LogP contribution in [-0.2, 0) is 14.6 Å². The van der Waals surface area contributed by atoms with Gasteiger partial charge in [-0.1, -0.05) is 15.9 Å². The van der Waals surface area contributed by atoms with Crippen LogP contribution in [0.3, 0.4) is 0 Å². The smallest absolute Gasteiger partial charge is 0.726 e. The second-order valence-electron chi connectivity index (χ2n) is 1.27. The first kappa shape index (κ1) is 13.9. The van der Waals surface area contributed by atoms with Crippen molar-refractivity contribution < 1.29 is 46.7 Å². The van der Waals surface area contributed by atoms with Crippen LogP contribution in [0.4, 0.5) is 0 Å². The molecule has 4 nitrogen and oxygen atoms in total. The minimum Gasteiger partial charge on any atom is -0.726 e. The summed E-state index contributed by atoms with van der Waals surface area (Å²) in [7, 11) is -4.47. The zero-order valence-electron chi connectivity index (χ0n) is 5.54. The molecule has 0 bridgehead atoms. The molecule has 0 fully saturated rings. The molecule has 0 atom stereocenters. The van der Waals surface area contributed by atoms with E-state index in [0.717, 1.165) is 0 Å². The van der Waals surface area contributed by atoms with Gasteiger partial charge in [0.2, 0.25) is 10.4 Å². The first-order chi connectivity index (χ1) is 4.06. The molecule has 0 aliphatic carbocycles. The zero-order valence-corrected chi connectivity index (χ0v) is 9.94. The maximum Gasteiger partial charge on any atom is 1.00 e. The van der Waals surface area contributed by atoms with Crippen LogP contribution in [0.5, 0.6) is 0 Å². The molecular weight excluding hydrogens is 235 g/mol. The van der Waals surface area contributed by atoms with E-state index < -0.39 is 10.4 Å². The number of alkyl halides is 1. The van der Waals surface area contributed by atoms with Crippen LogP contribution in [0.1, 0.15) is 6.42 Å². The fourth-order valence-corrected chi connectivity index (χ4v) is 0.766. The van der Waals surface area contributed by atoms with E-state index in [1.807, 2.05) is 0 Å². The van der Waals surface area contributed by atoms with Gasteiger partial charge in [0.1, 0.15) is 0 Å². The fourth-order valence-electron chi connectivity index (χ4n) is 0.216. The molecule has 0 radical (unpaired) electrons. The van der Waals surface area contributed by atoms with Crippen molar-refractivity contribution in [3.8, 4) is 0 Å². The van der Waals surface area contributed by atoms with Gasteiger partial charge in [-0.3, -0.25) is 4.18 Å². The van der Waals surface area contributed by atoms with E-state index in [-0.39, 0.29) is 36.2 Å². The van der Waals surface area contributed by atoms with Crippen LogP contribution >= 0.6 is 15.9 Å². The fraction of sp³-hybridized carbons (Fsp3) is 1.00. The van der Waals surface area contributed by atoms with Gasteiger partial charge in [0.25, 0.3) is 0 Å². The average Bonchev–Trinajstić information content (AvgIpc) is 1.63. The Bertz CT molecular complexity index is 156. The zero-order chi connectivity index (χ0) is 7.33. The van der Waals surface area contributed by atoms with Crippen molar-refractivity contribution in [2.75, 3.05) is 11.9 Å². The molecule has 0 saturated heterocycles. The van der Waals surface area contributed by atoms with Crippen LogP contribution in [0.2, 0.25) is 0 Å². The minimum absolute atomic E-state index is 0. The molecule has 56 valence electrons. The van der Waals surface area contributed by atoms with Crippen molar-refractivity contribution in [3.63, 3.8) is 0 Å². The van der Waals surface area contributed by atoms with Crippen molar-refractivity contribution in [3.05, 3.63) is 0 Å². The standard InChI is InChI=1S/C3H7BrO4S.Na/c4-2-1-3-8-9(5,6)7;/h1-3H2,(H,5,6,7);/q;+1/p-1. The molecule has 0 saturated carbocycles. The SMILES string of the molecule is O=S(=O)([O-])OCCCBr.[Na+]. The van der Waals surface area contributed by atoms with Gasteiger partial charge in [0.05, 0.1) is 6.61 Å². The van der Waals surface area contributed by atoms with Crippen LogP contribution in [0.25, 0.3) is 0 Å². The summed E-state index contributed by atoms with van der Waals surface area (Å²) in [6, 6.07) is 0. The Kier molecular flexibility index (Phi) is 9.77. The largest absolute Gasteiger partial charge is 1.00 e. The summed E-state index contributed by atoms with van der Waals surface area (Å²) in [4.78, 5) is 0. The molecule has 7 heteroatoms. The van der Waals surface area contributed by atoms with Gasteiger partial charge in [0.15, 0.2) is 0 Å². The molecule has 0 aromatic carbocycles. The molecule has 0 rings (SSSR count). The molecule has 0 aliphatic heterocycles. The Morgan fingerprint density at radius 3 is 2.30 bits per heavy atom. The van der Waals surface area contributed by atoms with E-state index in [4.69, 9.17) is 0 Å². The predicted molar refractivity (Wildman–Crippen MR) is 34.1 cm³/mol. The van der Waals surface area contributed by atoms with E-state index in [0.29, 0.717) is 11.8 Å². The monoisotopic (exact) mass is 240 g/mol. The van der Waals surface area contributed by atoms with Gasteiger partial charge in [0, 0.05) is 5.33 Å². The molecule has 0 aromatic rings. The van der Waals surface area contributed by atoms with E-state index in [1.165, 1.54) is 0 Å². The summed E-state index contributed by atoms with van der Waals surface area (Å²) in [6.45, 7) is -0.0446. The van der Waals surface area contributed by atoms with Gasteiger partial charge in [-0.05, 0) is 6.42 Å². The Labute approximate surface area is 90.7 Å². The predicted octanol–water partition coefficient (Wildman–Crippen LogP) is -2.75. The summed E-state index contributed by atoms with van der Waals surface area (Å²) >= 11 is 3.04. The molecule has 0 spiro atoms. The Balaban J connectivity index is 0. The van der Waals surface area contributed by atoms with Gasteiger partial charge < -0.3 is 4.55 Å². The average molecular weight is 241 g/mol. The molecule has 0 unspecified atom stereocenters. The third-order valence-corrected chi connectivity index (χ3v) is 1.52. The van der Waals surface area contributed by atoms with Crippen molar-refractivity contribution in [2.24, 2.45) is 0 Å². The summed E-state index contributed by atoms with van der Waals surface area (Å²) in [6.07, 6.45) is 0.515. The van der Waals surface area contributed by atoms with Gasteiger partial charge in [-0.25, -0.2) is 8.42 Å². The molecule has 0 amide bonds. The summed E-state index contributed by atoms with van der Waals surface area (Å²) in [5.74, 6) is 0. The van der Waals surface area contributed by atoms with Crippen molar-refractivity contribution in [1.82, 2.24) is 0 Å². The number of halogens is 1. The van der Waals surface area contributed by atoms with Crippen LogP contribution < -0.4 is 29.6 Å². The topological polar surface area (TPSA) is 66.4 Å². The van der Waals surface area contributed by atoms with Crippen molar-refractivity contribution in [1.29, 1.82) is 0 Å². The maximum atomic E-state index is 9.71. The summed E-state index contributed by atoms with van der Waals surface area (Å²) < 4.78 is 33.0. The van der Waals surface area contributed by atoms with Gasteiger partial charge in [-0.15, -0.1) is 0 Å². The first-order valence-electron chi connectivity index (χ1n) is 2.22. The number of hydrogen-bond donors (Lipinski definition) is 0. The third kappa shape index (κ3) is 12.1. The summed E-state index contributed by atoms with van der Waals surface area (Å²) in [5, 5.41) is 0.628. The Hall–Kier alpha value is 1.35. The number of rotatable bonds is 4. The number of hydrogen-bond acceptors (Lipinski definition) is 4. The summed E-state index contributed by atoms with van der Waals surface area (Å²) in [5.41, 5.74) is 0. The van der Waals surface area contributed by atoms with E-state index in [1.54, 1.807) is 0 Å². The second-order valence-corrected chi connectivity index (χ2v) is 3.12. The van der Waals surface area contributed by atoms with Crippen LogP contribution in [0.15, 0.2) is 0 Å². The van der Waals surface area contributed by atoms with Gasteiger partial charge >= 0.3 is 29.6 Å². The molecular formula is C3H6BrNaO4S. The van der Waals surface area contributed by atoms with Crippen molar-refractivity contribution in [2.45, 2.75) is 6.42 Å². The Morgan fingerprint density at radius 2 is 2.00 bits per heavy atom. The van der Waals surface area contributed by atoms with E-state index >= 15 is 0 Å². The second kappa shape index (κ2) is 7.02. The minimum atomic E-state index is -4.47. The first-order valence-corrected chi connectivity index (χ1v) is 4.68. The molecule has 0 heterocycles. The molecule has 10 heavy (non-hydrogen) atoms. The maximum absolute atomic E-state index is 9.71. The van der Waals surface area contributed by atoms with Crippen LogP contribution in [-0.4, -0.2) is 24.9 Å². The third-order valence-electron chi connectivity index (χ3n) is 0.506. The van der Waals surface area contributed by atoms with Gasteiger partial charge in [-0.2, -0.15) is 0 Å². The quantitative estimate of drug-likeness (QED) is 0.176. The molecule has 0 N–H and O–H groups in total. The van der Waals surface area contributed by atoms with Crippen LogP contribution in [0, 0.1) is 0 Å². The normalized spacial score (nSPS) is 10.6. The molecule has 0 aliphatic rings. The van der Waals surface area contributed by atoms with E-state index in [2.05, 4.69) is 20.1 Å². The van der Waals surface area contributed by atoms with Crippen molar-refractivity contribution >= 4 is 26.3 Å². The Morgan fingerprint density at radius 1 is 1.50 bits per heavy atom. The van der Waals surface area contributed by atoms with E-state index in [9.17, 15) is 13.0 Å². The molecule has 0 aromatic heterocycles.